The Morgan fingerprint density at radius 1 is 0.939 bits per heavy atom. The van der Waals surface area contributed by atoms with Gasteiger partial charge in [-0.3, -0.25) is 14.5 Å². The number of aliphatic hydroxyl groups excluding tert-OH is 1. The molecule has 1 aliphatic heterocycles. The maximum atomic E-state index is 13.1. The van der Waals surface area contributed by atoms with Crippen molar-refractivity contribution in [3.05, 3.63) is 106 Å². The lowest BCUT2D eigenvalue weighted by Gasteiger charge is -2.27. The minimum absolute atomic E-state index is 0.105. The van der Waals surface area contributed by atoms with Crippen molar-refractivity contribution in [3.8, 4) is 0 Å². The van der Waals surface area contributed by atoms with Crippen LogP contribution in [0.5, 0.6) is 0 Å². The summed E-state index contributed by atoms with van der Waals surface area (Å²) in [5, 5.41) is 11.4. The molecule has 4 rings (SSSR count). The van der Waals surface area contributed by atoms with E-state index in [1.54, 1.807) is 31.2 Å². The minimum atomic E-state index is -4.54. The Balaban J connectivity index is 1.92. The molecule has 0 aliphatic carbocycles. The predicted molar refractivity (Wildman–Crippen MR) is 119 cm³/mol. The summed E-state index contributed by atoms with van der Waals surface area (Å²) in [6, 6.07) is 16.0. The third kappa shape index (κ3) is 4.12. The first-order valence-corrected chi connectivity index (χ1v) is 10.3. The zero-order valence-corrected chi connectivity index (χ0v) is 18.0. The lowest BCUT2D eigenvalue weighted by molar-refractivity contribution is -0.137. The van der Waals surface area contributed by atoms with Crippen LogP contribution in [-0.2, 0) is 15.8 Å². The molecule has 0 saturated carbocycles. The molecule has 0 radical (unpaired) electrons. The van der Waals surface area contributed by atoms with Crippen molar-refractivity contribution < 1.29 is 27.9 Å². The van der Waals surface area contributed by atoms with E-state index < -0.39 is 35.2 Å². The molecule has 8 heteroatoms. The minimum Gasteiger partial charge on any atom is -0.507 e. The molecule has 0 bridgehead atoms. The third-order valence-electron chi connectivity index (χ3n) is 5.52. The number of amides is 1. The number of alkyl halides is 3. The molecule has 1 aliphatic rings. The highest BCUT2D eigenvalue weighted by Crippen LogP contribution is 2.43. The van der Waals surface area contributed by atoms with E-state index in [0.29, 0.717) is 10.6 Å². The van der Waals surface area contributed by atoms with Gasteiger partial charge >= 0.3 is 6.18 Å². The Morgan fingerprint density at radius 2 is 1.55 bits per heavy atom. The first-order chi connectivity index (χ1) is 15.6. The summed E-state index contributed by atoms with van der Waals surface area (Å²) in [4.78, 5) is 27.3. The van der Waals surface area contributed by atoms with Gasteiger partial charge in [0.15, 0.2) is 0 Å². The van der Waals surface area contributed by atoms with Crippen LogP contribution in [0.25, 0.3) is 5.76 Å². The van der Waals surface area contributed by atoms with E-state index in [2.05, 4.69) is 0 Å². The van der Waals surface area contributed by atoms with Gasteiger partial charge in [0.2, 0.25) is 0 Å². The Hall–Kier alpha value is -3.58. The summed E-state index contributed by atoms with van der Waals surface area (Å²) < 4.78 is 39.1. The second kappa shape index (κ2) is 8.41. The Bertz CT molecular complexity index is 1270. The Kier molecular flexibility index (Phi) is 5.76. The molecule has 1 heterocycles. The second-order valence-electron chi connectivity index (χ2n) is 7.58. The molecule has 168 valence electrons. The van der Waals surface area contributed by atoms with E-state index in [9.17, 15) is 27.9 Å². The quantitative estimate of drug-likeness (QED) is 0.277. The van der Waals surface area contributed by atoms with Gasteiger partial charge in [0.25, 0.3) is 11.7 Å². The fourth-order valence-electron chi connectivity index (χ4n) is 3.86. The van der Waals surface area contributed by atoms with Crippen LogP contribution < -0.4 is 4.90 Å². The first-order valence-electron chi connectivity index (χ1n) is 9.89. The van der Waals surface area contributed by atoms with E-state index in [1.165, 1.54) is 24.3 Å². The monoisotopic (exact) mass is 471 g/mol. The summed E-state index contributed by atoms with van der Waals surface area (Å²) in [6.07, 6.45) is -4.54. The molecule has 0 aromatic heterocycles. The van der Waals surface area contributed by atoms with Gasteiger partial charge in [-0.1, -0.05) is 35.9 Å². The van der Waals surface area contributed by atoms with Gasteiger partial charge in [-0.2, -0.15) is 13.2 Å². The van der Waals surface area contributed by atoms with Gasteiger partial charge in [0, 0.05) is 16.3 Å². The molecule has 4 nitrogen and oxygen atoms in total. The van der Waals surface area contributed by atoms with Gasteiger partial charge in [0.05, 0.1) is 17.2 Å². The summed E-state index contributed by atoms with van der Waals surface area (Å²) in [5.74, 6) is -2.28. The summed E-state index contributed by atoms with van der Waals surface area (Å²) in [7, 11) is 0. The lowest BCUT2D eigenvalue weighted by Crippen LogP contribution is -2.29. The van der Waals surface area contributed by atoms with E-state index in [4.69, 9.17) is 11.6 Å². The number of halogens is 4. The van der Waals surface area contributed by atoms with Crippen molar-refractivity contribution in [2.24, 2.45) is 0 Å². The number of aliphatic hydroxyl groups is 1. The number of nitrogens with zero attached hydrogens (tertiary/aromatic N) is 1. The SMILES string of the molecule is Cc1ccccc1C1/C(=C(\O)c2ccc(Cl)cc2)C(=O)C(=O)N1c1ccc(C(F)(F)F)cc1. The molecular formula is C25H17ClF3NO3. The molecule has 1 atom stereocenters. The van der Waals surface area contributed by atoms with Crippen LogP contribution in [0.1, 0.15) is 28.3 Å². The van der Waals surface area contributed by atoms with Gasteiger partial charge in [0.1, 0.15) is 5.76 Å². The van der Waals surface area contributed by atoms with Crippen molar-refractivity contribution in [3.63, 3.8) is 0 Å². The summed E-state index contributed by atoms with van der Waals surface area (Å²) in [6.45, 7) is 1.78. The molecule has 1 N–H and O–H groups in total. The zero-order chi connectivity index (χ0) is 23.9. The summed E-state index contributed by atoms with van der Waals surface area (Å²) >= 11 is 5.91. The number of benzene rings is 3. The molecule has 3 aromatic rings. The van der Waals surface area contributed by atoms with Crippen LogP contribution in [0.15, 0.2) is 78.4 Å². The van der Waals surface area contributed by atoms with Crippen LogP contribution >= 0.6 is 11.6 Å². The van der Waals surface area contributed by atoms with Gasteiger partial charge < -0.3 is 5.11 Å². The van der Waals surface area contributed by atoms with E-state index >= 15 is 0 Å². The normalized spacial score (nSPS) is 18.1. The van der Waals surface area contributed by atoms with E-state index in [-0.39, 0.29) is 16.8 Å². The molecule has 1 fully saturated rings. The lowest BCUT2D eigenvalue weighted by atomic mass is 9.92. The van der Waals surface area contributed by atoms with E-state index in [0.717, 1.165) is 34.7 Å². The second-order valence-corrected chi connectivity index (χ2v) is 8.01. The highest BCUT2D eigenvalue weighted by molar-refractivity contribution is 6.51. The number of aryl methyl sites for hydroxylation is 1. The number of anilines is 1. The highest BCUT2D eigenvalue weighted by Gasteiger charge is 2.47. The molecule has 1 saturated heterocycles. The smallest absolute Gasteiger partial charge is 0.416 e. The standard InChI is InChI=1S/C25H17ClF3NO3/c1-14-4-2-3-5-19(14)21-20(22(31)15-6-10-17(26)11-7-15)23(32)24(33)30(21)18-12-8-16(9-13-18)25(27,28)29/h2-13,21,31H,1H3/b22-20+. The average molecular weight is 472 g/mol. The molecular weight excluding hydrogens is 455 g/mol. The van der Waals surface area contributed by atoms with Crippen molar-refractivity contribution in [1.82, 2.24) is 0 Å². The molecule has 1 amide bonds. The number of carbonyl (C=O) groups excluding carboxylic acids is 2. The first kappa shape index (κ1) is 22.6. The average Bonchev–Trinajstić information content (AvgIpc) is 3.04. The highest BCUT2D eigenvalue weighted by atomic mass is 35.5. The molecule has 33 heavy (non-hydrogen) atoms. The van der Waals surface area contributed by atoms with E-state index in [1.807, 2.05) is 0 Å². The van der Waals surface area contributed by atoms with Crippen LogP contribution in [0.3, 0.4) is 0 Å². The zero-order valence-electron chi connectivity index (χ0n) is 17.2. The third-order valence-corrected chi connectivity index (χ3v) is 5.77. The Morgan fingerprint density at radius 3 is 2.12 bits per heavy atom. The van der Waals surface area contributed by atoms with Crippen LogP contribution in [0, 0.1) is 6.92 Å². The number of rotatable bonds is 3. The Labute approximate surface area is 192 Å². The maximum absolute atomic E-state index is 13.1. The molecule has 3 aromatic carbocycles. The fourth-order valence-corrected chi connectivity index (χ4v) is 3.99. The molecule has 1 unspecified atom stereocenters. The van der Waals surface area contributed by atoms with Crippen molar-refractivity contribution in [1.29, 1.82) is 0 Å². The maximum Gasteiger partial charge on any atom is 0.416 e. The van der Waals surface area contributed by atoms with Gasteiger partial charge in [-0.15, -0.1) is 0 Å². The topological polar surface area (TPSA) is 57.6 Å². The molecule has 0 spiro atoms. The fraction of sp³-hybridized carbons (Fsp3) is 0.120. The number of Topliss-reactive ketones (excluding diaryl/α,β-unsaturated/α-hetero) is 1. The number of ketones is 1. The van der Waals surface area contributed by atoms with Gasteiger partial charge in [-0.05, 0) is 66.6 Å². The van der Waals surface area contributed by atoms with Gasteiger partial charge in [-0.25, -0.2) is 0 Å². The van der Waals surface area contributed by atoms with Crippen molar-refractivity contribution in [2.45, 2.75) is 19.1 Å². The van der Waals surface area contributed by atoms with Crippen LogP contribution in [0.2, 0.25) is 5.02 Å². The number of carbonyl (C=O) groups is 2. The number of hydrogen-bond acceptors (Lipinski definition) is 3. The van der Waals surface area contributed by atoms with Crippen LogP contribution in [-0.4, -0.2) is 16.8 Å². The van der Waals surface area contributed by atoms with Crippen molar-refractivity contribution in [2.75, 3.05) is 4.90 Å². The number of hydrogen-bond donors (Lipinski definition) is 1. The van der Waals surface area contributed by atoms with Crippen molar-refractivity contribution >= 4 is 34.7 Å². The summed E-state index contributed by atoms with van der Waals surface area (Å²) in [5.41, 5.74) is 0.653. The van der Waals surface area contributed by atoms with Crippen LogP contribution in [0.4, 0.5) is 18.9 Å². The largest absolute Gasteiger partial charge is 0.507 e. The predicted octanol–water partition coefficient (Wildman–Crippen LogP) is 6.29.